The van der Waals surface area contributed by atoms with Crippen molar-refractivity contribution in [3.63, 3.8) is 0 Å². The van der Waals surface area contributed by atoms with E-state index in [0.717, 1.165) is 30.1 Å². The topological polar surface area (TPSA) is 50.3 Å². The Morgan fingerprint density at radius 2 is 2.39 bits per heavy atom. The van der Waals surface area contributed by atoms with Crippen LogP contribution in [0.1, 0.15) is 17.1 Å². The van der Waals surface area contributed by atoms with E-state index in [9.17, 15) is 8.42 Å². The largest absolute Gasteiger partial charge is 0.302 e. The van der Waals surface area contributed by atoms with Crippen LogP contribution >= 0.6 is 22.9 Å². The first-order valence-electron chi connectivity index (χ1n) is 5.90. The molecule has 0 amide bonds. The van der Waals surface area contributed by atoms with E-state index in [1.165, 1.54) is 0 Å². The van der Waals surface area contributed by atoms with Gasteiger partial charge in [-0.2, -0.15) is 0 Å². The molecule has 2 rings (SSSR count). The molecule has 1 fully saturated rings. The van der Waals surface area contributed by atoms with Gasteiger partial charge in [-0.25, -0.2) is 13.4 Å². The van der Waals surface area contributed by atoms with Crippen molar-refractivity contribution in [1.29, 1.82) is 0 Å². The molecule has 1 aliphatic rings. The Hall–Kier alpha value is -0.170. The second-order valence-electron chi connectivity index (χ2n) is 4.65. The summed E-state index contributed by atoms with van der Waals surface area (Å²) in [5, 5.41) is 3.04. The maximum atomic E-state index is 11.4. The van der Waals surface area contributed by atoms with Gasteiger partial charge in [0.05, 0.1) is 28.1 Å². The zero-order chi connectivity index (χ0) is 13.2. The molecule has 0 aliphatic carbocycles. The highest BCUT2D eigenvalue weighted by molar-refractivity contribution is 7.91. The lowest BCUT2D eigenvalue weighted by molar-refractivity contribution is 0.265. The van der Waals surface area contributed by atoms with Crippen molar-refractivity contribution in [2.24, 2.45) is 0 Å². The lowest BCUT2D eigenvalue weighted by atomic mass is 10.2. The third kappa shape index (κ3) is 3.66. The Bertz CT molecular complexity index is 501. The smallest absolute Gasteiger partial charge is 0.151 e. The molecule has 4 nitrogen and oxygen atoms in total. The minimum atomic E-state index is -2.80. The summed E-state index contributed by atoms with van der Waals surface area (Å²) >= 11 is 7.32. The van der Waals surface area contributed by atoms with Crippen molar-refractivity contribution in [3.05, 3.63) is 16.1 Å². The van der Waals surface area contributed by atoms with Gasteiger partial charge in [-0.05, 0) is 13.5 Å². The highest BCUT2D eigenvalue weighted by Crippen LogP contribution is 2.18. The molecule has 0 aromatic carbocycles. The number of likely N-dealkylation sites (N-methyl/N-ethyl adjacent to an activating group) is 1. The fourth-order valence-corrected chi connectivity index (χ4v) is 4.92. The van der Waals surface area contributed by atoms with Crippen molar-refractivity contribution in [1.82, 2.24) is 9.88 Å². The first-order valence-corrected chi connectivity index (χ1v) is 9.13. The Labute approximate surface area is 117 Å². The van der Waals surface area contributed by atoms with E-state index >= 15 is 0 Å². The zero-order valence-corrected chi connectivity index (χ0v) is 12.7. The van der Waals surface area contributed by atoms with Gasteiger partial charge in [0, 0.05) is 24.4 Å². The highest BCUT2D eigenvalue weighted by atomic mass is 35.5. The molecule has 1 saturated heterocycles. The average Bonchev–Trinajstić information content (AvgIpc) is 2.92. The minimum absolute atomic E-state index is 0.169. The number of hydrogen-bond donors (Lipinski definition) is 0. The molecule has 0 radical (unpaired) electrons. The number of sulfone groups is 1. The second-order valence-corrected chi connectivity index (χ2v) is 8.09. The Kier molecular flexibility index (Phi) is 4.64. The van der Waals surface area contributed by atoms with Crippen molar-refractivity contribution in [2.45, 2.75) is 24.8 Å². The Morgan fingerprint density at radius 1 is 1.61 bits per heavy atom. The van der Waals surface area contributed by atoms with Gasteiger partial charge in [0.1, 0.15) is 0 Å². The van der Waals surface area contributed by atoms with Gasteiger partial charge in [-0.1, -0.05) is 0 Å². The molecule has 2 heterocycles. The molecule has 1 aromatic rings. The van der Waals surface area contributed by atoms with E-state index < -0.39 is 9.84 Å². The molecule has 7 heteroatoms. The summed E-state index contributed by atoms with van der Waals surface area (Å²) in [5.41, 5.74) is 0.919. The van der Waals surface area contributed by atoms with Gasteiger partial charge >= 0.3 is 0 Å². The van der Waals surface area contributed by atoms with E-state index in [1.807, 2.05) is 12.4 Å². The Morgan fingerprint density at radius 3 is 2.94 bits per heavy atom. The first kappa shape index (κ1) is 14.2. The molecule has 102 valence electrons. The molecule has 1 aromatic heterocycles. The molecular weight excluding hydrogens is 292 g/mol. The summed E-state index contributed by atoms with van der Waals surface area (Å²) < 4.78 is 22.8. The van der Waals surface area contributed by atoms with E-state index in [4.69, 9.17) is 11.6 Å². The molecule has 0 saturated carbocycles. The number of thiazole rings is 1. The van der Waals surface area contributed by atoms with Crippen LogP contribution in [0.3, 0.4) is 0 Å². The molecule has 18 heavy (non-hydrogen) atoms. The fourth-order valence-electron chi connectivity index (χ4n) is 2.10. The maximum Gasteiger partial charge on any atom is 0.151 e. The Balaban J connectivity index is 1.83. The normalized spacial score (nSPS) is 22.7. The lowest BCUT2D eigenvalue weighted by Crippen LogP contribution is -2.34. The monoisotopic (exact) mass is 308 g/mol. The standard InChI is InChI=1S/C11H17ClN2O2S2/c1-14(10-3-5-18(15,16)8-10)4-2-11-13-9(6-12)7-17-11/h7,10H,2-6,8H2,1H3. The van der Waals surface area contributed by atoms with Crippen molar-refractivity contribution < 1.29 is 8.42 Å². The van der Waals surface area contributed by atoms with Crippen LogP contribution in [0.15, 0.2) is 5.38 Å². The number of aromatic nitrogens is 1. The average molecular weight is 309 g/mol. The van der Waals surface area contributed by atoms with Crippen LogP contribution in [0.5, 0.6) is 0 Å². The van der Waals surface area contributed by atoms with Crippen molar-refractivity contribution in [3.8, 4) is 0 Å². The van der Waals surface area contributed by atoms with Gasteiger partial charge in [-0.15, -0.1) is 22.9 Å². The van der Waals surface area contributed by atoms with Gasteiger partial charge < -0.3 is 4.90 Å². The van der Waals surface area contributed by atoms with Crippen LogP contribution in [-0.2, 0) is 22.1 Å². The molecule has 1 unspecified atom stereocenters. The summed E-state index contributed by atoms with van der Waals surface area (Å²) in [6.07, 6.45) is 1.61. The third-order valence-corrected chi connectivity index (χ3v) is 6.23. The van der Waals surface area contributed by atoms with Crippen LogP contribution < -0.4 is 0 Å². The quantitative estimate of drug-likeness (QED) is 0.774. The van der Waals surface area contributed by atoms with Gasteiger partial charge in [0.15, 0.2) is 9.84 Å². The summed E-state index contributed by atoms with van der Waals surface area (Å²) in [7, 11) is -0.808. The van der Waals surface area contributed by atoms with Crippen LogP contribution in [0, 0.1) is 0 Å². The number of rotatable bonds is 5. The van der Waals surface area contributed by atoms with Crippen LogP contribution in [-0.4, -0.2) is 49.4 Å². The van der Waals surface area contributed by atoms with E-state index in [0.29, 0.717) is 17.4 Å². The molecule has 0 spiro atoms. The van der Waals surface area contributed by atoms with E-state index in [1.54, 1.807) is 11.3 Å². The molecule has 0 bridgehead atoms. The molecular formula is C11H17ClN2O2S2. The van der Waals surface area contributed by atoms with E-state index in [-0.39, 0.29) is 6.04 Å². The molecule has 1 atom stereocenters. The zero-order valence-electron chi connectivity index (χ0n) is 10.3. The van der Waals surface area contributed by atoms with Crippen LogP contribution in [0.25, 0.3) is 0 Å². The predicted octanol–water partition coefficient (Wildman–Crippen LogP) is 1.54. The fraction of sp³-hybridized carbons (Fsp3) is 0.727. The molecule has 0 N–H and O–H groups in total. The lowest BCUT2D eigenvalue weighted by Gasteiger charge is -2.22. The predicted molar refractivity (Wildman–Crippen MR) is 75.1 cm³/mol. The van der Waals surface area contributed by atoms with Crippen molar-refractivity contribution >= 4 is 32.8 Å². The van der Waals surface area contributed by atoms with Gasteiger partial charge in [-0.3, -0.25) is 0 Å². The summed E-state index contributed by atoms with van der Waals surface area (Å²) in [6, 6.07) is 0.169. The summed E-state index contributed by atoms with van der Waals surface area (Å²) in [6.45, 7) is 0.843. The third-order valence-electron chi connectivity index (χ3n) is 3.25. The first-order chi connectivity index (χ1) is 8.50. The van der Waals surface area contributed by atoms with Gasteiger partial charge in [0.25, 0.3) is 0 Å². The van der Waals surface area contributed by atoms with Crippen molar-refractivity contribution in [2.75, 3.05) is 25.1 Å². The van der Waals surface area contributed by atoms with Crippen LogP contribution in [0.4, 0.5) is 0 Å². The number of nitrogens with zero attached hydrogens (tertiary/aromatic N) is 2. The highest BCUT2D eigenvalue weighted by Gasteiger charge is 2.30. The SMILES string of the molecule is CN(CCc1nc(CCl)cs1)C1CCS(=O)(=O)C1. The number of halogens is 1. The van der Waals surface area contributed by atoms with E-state index in [2.05, 4.69) is 9.88 Å². The summed E-state index contributed by atoms with van der Waals surface area (Å²) in [4.78, 5) is 6.53. The number of alkyl halides is 1. The minimum Gasteiger partial charge on any atom is -0.302 e. The number of hydrogen-bond acceptors (Lipinski definition) is 5. The van der Waals surface area contributed by atoms with Crippen LogP contribution in [0.2, 0.25) is 0 Å². The second kappa shape index (κ2) is 5.86. The summed E-state index contributed by atoms with van der Waals surface area (Å²) in [5.74, 6) is 1.08. The molecule has 1 aliphatic heterocycles. The van der Waals surface area contributed by atoms with Gasteiger partial charge in [0.2, 0.25) is 0 Å². The maximum absolute atomic E-state index is 11.4.